The number of hydrogen-bond donors (Lipinski definition) is 1. The highest BCUT2D eigenvalue weighted by Gasteiger charge is 2.09. The molecule has 0 fully saturated rings. The first kappa shape index (κ1) is 17.3. The van der Waals surface area contributed by atoms with Gasteiger partial charge in [0.1, 0.15) is 0 Å². The molecule has 0 saturated heterocycles. The fraction of sp³-hybridized carbons (Fsp3) is 0.400. The molecule has 0 bridgehead atoms. The number of nitrogens with one attached hydrogen (secondary N) is 1. The molecule has 0 spiro atoms. The number of amides is 1. The van der Waals surface area contributed by atoms with Gasteiger partial charge in [-0.1, -0.05) is 54.6 Å². The molecule has 0 aliphatic carbocycles. The van der Waals surface area contributed by atoms with Crippen LogP contribution in [0.5, 0.6) is 0 Å². The van der Waals surface area contributed by atoms with Crippen LogP contribution in [-0.4, -0.2) is 27.1 Å². The van der Waals surface area contributed by atoms with Gasteiger partial charge in [-0.2, -0.15) is 0 Å². The molecule has 2 aromatic rings. The van der Waals surface area contributed by atoms with E-state index in [1.54, 1.807) is 23.5 Å². The van der Waals surface area contributed by atoms with E-state index in [1.807, 2.05) is 0 Å². The number of carbonyl (C=O) groups is 1. The van der Waals surface area contributed by atoms with Crippen molar-refractivity contribution >= 4 is 45.9 Å². The summed E-state index contributed by atoms with van der Waals surface area (Å²) in [5.74, 6) is 0.734. The van der Waals surface area contributed by atoms with Crippen LogP contribution in [0.25, 0.3) is 0 Å². The Morgan fingerprint density at radius 3 is 2.68 bits per heavy atom. The Labute approximate surface area is 143 Å². The van der Waals surface area contributed by atoms with Crippen LogP contribution >= 0.6 is 34.9 Å². The predicted octanol–water partition coefficient (Wildman–Crippen LogP) is 4.47. The van der Waals surface area contributed by atoms with E-state index in [9.17, 15) is 4.79 Å². The molecular formula is C15H19N3OS3. The maximum absolute atomic E-state index is 11.9. The van der Waals surface area contributed by atoms with Crippen LogP contribution in [-0.2, 0) is 4.79 Å². The number of anilines is 1. The second kappa shape index (κ2) is 8.55. The minimum atomic E-state index is -0.0168. The summed E-state index contributed by atoms with van der Waals surface area (Å²) >= 11 is 4.76. The first-order chi connectivity index (χ1) is 10.5. The van der Waals surface area contributed by atoms with E-state index in [-0.39, 0.29) is 5.91 Å². The lowest BCUT2D eigenvalue weighted by Crippen LogP contribution is -2.11. The minimum absolute atomic E-state index is 0.0168. The van der Waals surface area contributed by atoms with Gasteiger partial charge in [0.2, 0.25) is 11.0 Å². The summed E-state index contributed by atoms with van der Waals surface area (Å²) in [6.07, 6.45) is 0.463. The van der Waals surface area contributed by atoms with Crippen molar-refractivity contribution in [3.05, 3.63) is 29.8 Å². The molecule has 1 amide bonds. The summed E-state index contributed by atoms with van der Waals surface area (Å²) in [6, 6.07) is 8.32. The molecule has 1 heterocycles. The number of nitrogens with zero attached hydrogens (tertiary/aromatic N) is 2. The molecule has 1 N–H and O–H groups in total. The average Bonchev–Trinajstić information content (AvgIpc) is 2.87. The van der Waals surface area contributed by atoms with Crippen LogP contribution in [0.4, 0.5) is 5.13 Å². The number of carbonyl (C=O) groups excluding carboxylic acids is 1. The highest BCUT2D eigenvalue weighted by atomic mass is 32.2. The number of aryl methyl sites for hydroxylation is 1. The van der Waals surface area contributed by atoms with E-state index in [4.69, 9.17) is 0 Å². The zero-order chi connectivity index (χ0) is 15.9. The third kappa shape index (κ3) is 5.98. The van der Waals surface area contributed by atoms with Crippen LogP contribution in [0.1, 0.15) is 25.8 Å². The van der Waals surface area contributed by atoms with Crippen molar-refractivity contribution in [1.29, 1.82) is 0 Å². The van der Waals surface area contributed by atoms with Crippen molar-refractivity contribution in [2.75, 3.05) is 11.1 Å². The van der Waals surface area contributed by atoms with Crippen LogP contribution in [0.15, 0.2) is 33.5 Å². The van der Waals surface area contributed by atoms with Gasteiger partial charge in [0.25, 0.3) is 0 Å². The molecule has 0 saturated carbocycles. The average molecular weight is 354 g/mol. The van der Waals surface area contributed by atoms with E-state index in [1.165, 1.54) is 21.8 Å². The molecule has 22 heavy (non-hydrogen) atoms. The van der Waals surface area contributed by atoms with Crippen molar-refractivity contribution in [2.45, 2.75) is 41.7 Å². The van der Waals surface area contributed by atoms with Crippen molar-refractivity contribution < 1.29 is 4.79 Å². The monoisotopic (exact) mass is 353 g/mol. The van der Waals surface area contributed by atoms with Gasteiger partial charge in [0, 0.05) is 22.3 Å². The number of thioether (sulfide) groups is 2. The van der Waals surface area contributed by atoms with Gasteiger partial charge in [0.05, 0.1) is 0 Å². The molecule has 0 aliphatic rings. The zero-order valence-corrected chi connectivity index (χ0v) is 15.3. The lowest BCUT2D eigenvalue weighted by Gasteiger charge is -2.02. The van der Waals surface area contributed by atoms with Gasteiger partial charge in [-0.25, -0.2) is 0 Å². The Morgan fingerprint density at radius 2 is 2.00 bits per heavy atom. The Bertz CT molecular complexity index is 611. The minimum Gasteiger partial charge on any atom is -0.300 e. The number of aromatic nitrogens is 2. The Hall–Kier alpha value is -1.05. The molecule has 1 aromatic heterocycles. The quantitative estimate of drug-likeness (QED) is 0.588. The second-order valence-electron chi connectivity index (χ2n) is 5.00. The molecule has 0 radical (unpaired) electrons. The third-order valence-electron chi connectivity index (χ3n) is 2.61. The number of hydrogen-bond acceptors (Lipinski definition) is 6. The first-order valence-electron chi connectivity index (χ1n) is 7.02. The van der Waals surface area contributed by atoms with E-state index < -0.39 is 0 Å². The van der Waals surface area contributed by atoms with Crippen LogP contribution in [0.3, 0.4) is 0 Å². The predicted molar refractivity (Wildman–Crippen MR) is 96.1 cm³/mol. The molecule has 118 valence electrons. The highest BCUT2D eigenvalue weighted by molar-refractivity contribution is 8.01. The van der Waals surface area contributed by atoms with Gasteiger partial charge in [-0.05, 0) is 19.1 Å². The Morgan fingerprint density at radius 1 is 1.27 bits per heavy atom. The second-order valence-corrected chi connectivity index (χ2v) is 8.97. The normalized spacial score (nSPS) is 10.9. The van der Waals surface area contributed by atoms with E-state index >= 15 is 0 Å². The fourth-order valence-electron chi connectivity index (χ4n) is 1.59. The largest absolute Gasteiger partial charge is 0.300 e. The summed E-state index contributed by atoms with van der Waals surface area (Å²) in [7, 11) is 0. The van der Waals surface area contributed by atoms with Gasteiger partial charge in [-0.15, -0.1) is 22.0 Å². The van der Waals surface area contributed by atoms with Gasteiger partial charge >= 0.3 is 0 Å². The van der Waals surface area contributed by atoms with E-state index in [0.717, 1.165) is 10.1 Å². The van der Waals surface area contributed by atoms with Crippen molar-refractivity contribution in [2.24, 2.45) is 0 Å². The van der Waals surface area contributed by atoms with E-state index in [2.05, 4.69) is 60.6 Å². The smallest absolute Gasteiger partial charge is 0.227 e. The Kier molecular flexibility index (Phi) is 6.72. The highest BCUT2D eigenvalue weighted by Crippen LogP contribution is 2.28. The maximum Gasteiger partial charge on any atom is 0.227 e. The molecule has 2 rings (SSSR count). The van der Waals surface area contributed by atoms with Crippen molar-refractivity contribution in [1.82, 2.24) is 10.2 Å². The summed E-state index contributed by atoms with van der Waals surface area (Å²) in [6.45, 7) is 6.27. The van der Waals surface area contributed by atoms with Gasteiger partial charge in [0.15, 0.2) is 4.34 Å². The van der Waals surface area contributed by atoms with Gasteiger partial charge in [-0.3, -0.25) is 4.79 Å². The standard InChI is InChI=1S/C15H19N3OS3/c1-10(2)21-15-18-17-14(22-15)16-13(19)8-9-20-12-6-4-11(3)5-7-12/h4-7,10H,8-9H2,1-3H3,(H,16,17,19). The Balaban J connectivity index is 1.73. The van der Waals surface area contributed by atoms with Crippen LogP contribution in [0, 0.1) is 6.92 Å². The SMILES string of the molecule is Cc1ccc(SCCC(=O)Nc2nnc(SC(C)C)s2)cc1. The third-order valence-corrected chi connectivity index (χ3v) is 5.55. The first-order valence-corrected chi connectivity index (χ1v) is 9.70. The topological polar surface area (TPSA) is 54.9 Å². The van der Waals surface area contributed by atoms with E-state index in [0.29, 0.717) is 16.8 Å². The molecule has 7 heteroatoms. The summed E-state index contributed by atoms with van der Waals surface area (Å²) < 4.78 is 0.888. The zero-order valence-electron chi connectivity index (χ0n) is 12.8. The summed E-state index contributed by atoms with van der Waals surface area (Å²) in [5, 5.41) is 11.9. The lowest BCUT2D eigenvalue weighted by molar-refractivity contribution is -0.115. The lowest BCUT2D eigenvalue weighted by atomic mass is 10.2. The molecule has 0 aliphatic heterocycles. The molecule has 4 nitrogen and oxygen atoms in total. The van der Waals surface area contributed by atoms with Crippen molar-refractivity contribution in [3.63, 3.8) is 0 Å². The van der Waals surface area contributed by atoms with Crippen LogP contribution < -0.4 is 5.32 Å². The number of benzene rings is 1. The van der Waals surface area contributed by atoms with Crippen LogP contribution in [0.2, 0.25) is 0 Å². The maximum atomic E-state index is 11.9. The molecule has 0 atom stereocenters. The molecule has 0 unspecified atom stereocenters. The summed E-state index contributed by atoms with van der Waals surface area (Å²) in [5.41, 5.74) is 1.24. The fourth-order valence-corrected chi connectivity index (χ4v) is 4.43. The van der Waals surface area contributed by atoms with Crippen molar-refractivity contribution in [3.8, 4) is 0 Å². The van der Waals surface area contributed by atoms with Gasteiger partial charge < -0.3 is 5.32 Å². The number of rotatable bonds is 7. The molecular weight excluding hydrogens is 334 g/mol. The summed E-state index contributed by atoms with van der Waals surface area (Å²) in [4.78, 5) is 13.1. The molecule has 1 aromatic carbocycles.